The van der Waals surface area contributed by atoms with Gasteiger partial charge in [0, 0.05) is 6.92 Å². The third-order valence-corrected chi connectivity index (χ3v) is 4.47. The van der Waals surface area contributed by atoms with Crippen molar-refractivity contribution in [2.75, 3.05) is 0 Å². The molecule has 0 saturated carbocycles. The molecule has 0 aliphatic carbocycles. The fraction of sp³-hybridized carbons (Fsp3) is 0.0556. The molecule has 0 bridgehead atoms. The second-order valence-electron chi connectivity index (χ2n) is 4.93. The van der Waals surface area contributed by atoms with Crippen molar-refractivity contribution in [3.8, 4) is 5.75 Å². The summed E-state index contributed by atoms with van der Waals surface area (Å²) in [6.07, 6.45) is 1.60. The molecular weight excluding hydrogens is 397 g/mol. The van der Waals surface area contributed by atoms with Crippen molar-refractivity contribution < 1.29 is 19.1 Å². The molecule has 1 heterocycles. The molecule has 1 aliphatic heterocycles. The van der Waals surface area contributed by atoms with Crippen molar-refractivity contribution in [2.24, 2.45) is 0 Å². The molecule has 1 fully saturated rings. The third-order valence-electron chi connectivity index (χ3n) is 2.91. The van der Waals surface area contributed by atoms with Gasteiger partial charge in [-0.2, -0.15) is 0 Å². The minimum Gasteiger partial charge on any atom is -0.427 e. The molecule has 1 saturated heterocycles. The number of hydrogen-bond donors (Lipinski definition) is 1. The Balaban J connectivity index is 0.000000254. The highest BCUT2D eigenvalue weighted by Crippen LogP contribution is 2.26. The number of carbonyl (C=O) groups excluding carboxylic acids is 3. The monoisotopic (exact) mass is 409 g/mol. The van der Waals surface area contributed by atoms with Crippen LogP contribution in [0.3, 0.4) is 0 Å². The van der Waals surface area contributed by atoms with E-state index in [1.54, 1.807) is 42.5 Å². The van der Waals surface area contributed by atoms with Crippen molar-refractivity contribution in [1.82, 2.24) is 5.32 Å². The van der Waals surface area contributed by atoms with Crippen LogP contribution in [-0.4, -0.2) is 17.1 Å². The first-order valence-electron chi connectivity index (χ1n) is 7.28. The molecule has 8 heteroatoms. The van der Waals surface area contributed by atoms with Crippen molar-refractivity contribution in [2.45, 2.75) is 6.92 Å². The Morgan fingerprint density at radius 1 is 1.04 bits per heavy atom. The lowest BCUT2D eigenvalue weighted by molar-refractivity contribution is -0.131. The van der Waals surface area contributed by atoms with Gasteiger partial charge < -0.3 is 4.74 Å². The highest BCUT2D eigenvalue weighted by molar-refractivity contribution is 8.18. The number of carbonyl (C=O) groups is 3. The summed E-state index contributed by atoms with van der Waals surface area (Å²) < 4.78 is 4.88. The van der Waals surface area contributed by atoms with Gasteiger partial charge in [0.15, 0.2) is 0 Å². The summed E-state index contributed by atoms with van der Waals surface area (Å²) in [6, 6.07) is 13.8. The van der Waals surface area contributed by atoms with Gasteiger partial charge >= 0.3 is 5.97 Å². The molecule has 134 valence electrons. The molecule has 5 nitrogen and oxygen atoms in total. The van der Waals surface area contributed by atoms with Gasteiger partial charge in [0.05, 0.1) is 15.0 Å². The van der Waals surface area contributed by atoms with Crippen LogP contribution < -0.4 is 10.1 Å². The number of thioether (sulfide) groups is 1. The van der Waals surface area contributed by atoms with E-state index in [1.165, 1.54) is 6.92 Å². The molecule has 0 atom stereocenters. The lowest BCUT2D eigenvalue weighted by Crippen LogP contribution is -2.17. The van der Waals surface area contributed by atoms with E-state index in [4.69, 9.17) is 27.9 Å². The lowest BCUT2D eigenvalue weighted by atomic mass is 10.2. The smallest absolute Gasteiger partial charge is 0.308 e. The first-order valence-corrected chi connectivity index (χ1v) is 8.86. The SMILES string of the molecule is CC(=O)Oc1ccc(C=C2SC(=O)NC2=O)cc1.Clc1ccccc1Cl. The zero-order chi connectivity index (χ0) is 19.1. The number of rotatable bonds is 2. The molecule has 0 unspecified atom stereocenters. The number of esters is 1. The number of halogens is 2. The number of nitrogens with one attached hydrogen (secondary N) is 1. The van der Waals surface area contributed by atoms with E-state index in [0.717, 1.165) is 17.3 Å². The number of hydrogen-bond acceptors (Lipinski definition) is 5. The Morgan fingerprint density at radius 2 is 1.62 bits per heavy atom. The largest absolute Gasteiger partial charge is 0.427 e. The summed E-state index contributed by atoms with van der Waals surface area (Å²) in [4.78, 5) is 33.3. The summed E-state index contributed by atoms with van der Waals surface area (Å²) in [7, 11) is 0. The first-order chi connectivity index (χ1) is 12.3. The first kappa shape index (κ1) is 20.0. The Kier molecular flexibility index (Phi) is 7.26. The van der Waals surface area contributed by atoms with E-state index < -0.39 is 11.9 Å². The maximum absolute atomic E-state index is 11.3. The summed E-state index contributed by atoms with van der Waals surface area (Å²) in [5.41, 5.74) is 0.748. The van der Waals surface area contributed by atoms with E-state index >= 15 is 0 Å². The summed E-state index contributed by atoms with van der Waals surface area (Å²) in [5.74, 6) is -0.351. The van der Waals surface area contributed by atoms with Crippen LogP contribution >= 0.6 is 35.0 Å². The molecule has 1 N–H and O–H groups in total. The average Bonchev–Trinajstić information content (AvgIpc) is 2.90. The Bertz CT molecular complexity index is 845. The van der Waals surface area contributed by atoms with Crippen LogP contribution in [0, 0.1) is 0 Å². The van der Waals surface area contributed by atoms with Gasteiger partial charge in [-0.1, -0.05) is 47.5 Å². The molecule has 26 heavy (non-hydrogen) atoms. The van der Waals surface area contributed by atoms with Crippen LogP contribution in [-0.2, 0) is 9.59 Å². The van der Waals surface area contributed by atoms with E-state index in [2.05, 4.69) is 5.32 Å². The minimum absolute atomic E-state index is 0.347. The molecule has 2 amide bonds. The topological polar surface area (TPSA) is 72.5 Å². The van der Waals surface area contributed by atoms with Gasteiger partial charge in [0.1, 0.15) is 5.75 Å². The fourth-order valence-electron chi connectivity index (χ4n) is 1.81. The van der Waals surface area contributed by atoms with Crippen LogP contribution in [0.4, 0.5) is 4.79 Å². The van der Waals surface area contributed by atoms with Crippen LogP contribution in [0.25, 0.3) is 6.08 Å². The van der Waals surface area contributed by atoms with Crippen molar-refractivity contribution in [1.29, 1.82) is 0 Å². The van der Waals surface area contributed by atoms with Gasteiger partial charge in [0.25, 0.3) is 11.1 Å². The zero-order valence-electron chi connectivity index (χ0n) is 13.5. The van der Waals surface area contributed by atoms with Crippen molar-refractivity contribution >= 4 is 58.2 Å². The molecule has 3 rings (SSSR count). The lowest BCUT2D eigenvalue weighted by Gasteiger charge is -2.01. The van der Waals surface area contributed by atoms with Crippen molar-refractivity contribution in [3.05, 3.63) is 69.0 Å². The Morgan fingerprint density at radius 3 is 2.04 bits per heavy atom. The normalized spacial score (nSPS) is 14.5. The summed E-state index contributed by atoms with van der Waals surface area (Å²) >= 11 is 12.0. The predicted molar refractivity (Wildman–Crippen MR) is 103 cm³/mol. The highest BCUT2D eigenvalue weighted by atomic mass is 35.5. The van der Waals surface area contributed by atoms with Crippen LogP contribution in [0.15, 0.2) is 53.4 Å². The Labute approximate surface area is 164 Å². The van der Waals surface area contributed by atoms with Crippen LogP contribution in [0.1, 0.15) is 12.5 Å². The number of imide groups is 1. The van der Waals surface area contributed by atoms with E-state index in [9.17, 15) is 14.4 Å². The molecule has 0 aromatic heterocycles. The predicted octanol–water partition coefficient (Wildman–Crippen LogP) is 4.93. The van der Waals surface area contributed by atoms with Gasteiger partial charge in [-0.15, -0.1) is 0 Å². The second-order valence-corrected chi connectivity index (χ2v) is 6.76. The molecule has 0 spiro atoms. The van der Waals surface area contributed by atoms with Gasteiger partial charge in [-0.05, 0) is 47.7 Å². The minimum atomic E-state index is -0.394. The summed E-state index contributed by atoms with van der Waals surface area (Å²) in [5, 5.41) is 3.01. The van der Waals surface area contributed by atoms with Crippen LogP contribution in [0.2, 0.25) is 10.0 Å². The van der Waals surface area contributed by atoms with Gasteiger partial charge in [-0.25, -0.2) is 0 Å². The molecule has 2 aromatic rings. The second kappa shape index (κ2) is 9.43. The van der Waals surface area contributed by atoms with Gasteiger partial charge in [-0.3, -0.25) is 19.7 Å². The maximum Gasteiger partial charge on any atom is 0.308 e. The number of ether oxygens (including phenoxy) is 1. The fourth-order valence-corrected chi connectivity index (χ4v) is 2.76. The zero-order valence-corrected chi connectivity index (χ0v) is 15.8. The van der Waals surface area contributed by atoms with E-state index in [1.807, 2.05) is 12.1 Å². The molecule has 1 aliphatic rings. The molecule has 0 radical (unpaired) electrons. The standard InChI is InChI=1S/C12H9NO4S.C6H4Cl2/c1-7(14)17-9-4-2-8(3-5-9)6-10-11(15)13-12(16)18-10;7-5-3-1-2-4-6(5)8/h2-6H,1H3,(H,13,15,16);1-4H. The van der Waals surface area contributed by atoms with Gasteiger partial charge in [0.2, 0.25) is 0 Å². The highest BCUT2D eigenvalue weighted by Gasteiger charge is 2.24. The van der Waals surface area contributed by atoms with E-state index in [-0.39, 0.29) is 5.24 Å². The molecule has 2 aromatic carbocycles. The number of benzene rings is 2. The Hall–Kier alpha value is -2.28. The average molecular weight is 410 g/mol. The maximum atomic E-state index is 11.3. The van der Waals surface area contributed by atoms with Crippen molar-refractivity contribution in [3.63, 3.8) is 0 Å². The van der Waals surface area contributed by atoms with E-state index in [0.29, 0.717) is 20.7 Å². The number of amides is 2. The summed E-state index contributed by atoms with van der Waals surface area (Å²) in [6.45, 7) is 1.32. The quantitative estimate of drug-likeness (QED) is 0.432. The van der Waals surface area contributed by atoms with Crippen LogP contribution in [0.5, 0.6) is 5.75 Å². The third kappa shape index (κ3) is 6.22. The molecular formula is C18H13Cl2NO4S.